The summed E-state index contributed by atoms with van der Waals surface area (Å²) in [6.45, 7) is 7.67. The first-order chi connectivity index (χ1) is 14.3. The first-order valence-corrected chi connectivity index (χ1v) is 10.2. The quantitative estimate of drug-likeness (QED) is 0.485. The molecule has 1 aliphatic rings. The van der Waals surface area contributed by atoms with E-state index >= 15 is 0 Å². The van der Waals surface area contributed by atoms with E-state index < -0.39 is 24.1 Å². The minimum absolute atomic E-state index is 0.432. The van der Waals surface area contributed by atoms with Crippen LogP contribution in [0.1, 0.15) is 68.7 Å². The molecule has 30 heavy (non-hydrogen) atoms. The van der Waals surface area contributed by atoms with E-state index in [2.05, 4.69) is 0 Å². The van der Waals surface area contributed by atoms with Crippen molar-refractivity contribution in [1.82, 2.24) is 0 Å². The van der Waals surface area contributed by atoms with Crippen LogP contribution in [0.5, 0.6) is 0 Å². The topological polar surface area (TPSA) is 71.1 Å². The van der Waals surface area contributed by atoms with Gasteiger partial charge in [-0.15, -0.1) is 0 Å². The number of hydrogen-bond donors (Lipinski definition) is 0. The van der Waals surface area contributed by atoms with Crippen molar-refractivity contribution < 1.29 is 29.1 Å². The Balaban J connectivity index is 1.56. The number of hydrogen-bond acceptors (Lipinski definition) is 6. The second-order valence-corrected chi connectivity index (χ2v) is 8.05. The molecule has 160 valence electrons. The average Bonchev–Trinajstić information content (AvgIpc) is 2.69. The molecule has 0 radical (unpaired) electrons. The Morgan fingerprint density at radius 1 is 0.633 bits per heavy atom. The normalized spacial score (nSPS) is 18.7. The Labute approximate surface area is 176 Å². The average molecular weight is 412 g/mol. The molecule has 0 heterocycles. The van der Waals surface area contributed by atoms with E-state index in [9.17, 15) is 9.59 Å². The lowest BCUT2D eigenvalue weighted by molar-refractivity contribution is -0.352. The largest absolute Gasteiger partial charge is 0.373 e. The second-order valence-electron chi connectivity index (χ2n) is 8.05. The summed E-state index contributed by atoms with van der Waals surface area (Å²) in [5, 5.41) is 0. The second kappa shape index (κ2) is 9.87. The van der Waals surface area contributed by atoms with Crippen LogP contribution in [0, 0.1) is 27.7 Å². The number of rotatable bonds is 6. The third-order valence-corrected chi connectivity index (χ3v) is 5.05. The first kappa shape index (κ1) is 22.0. The van der Waals surface area contributed by atoms with Gasteiger partial charge in [0.25, 0.3) is 0 Å². The van der Waals surface area contributed by atoms with Crippen LogP contribution in [-0.2, 0) is 19.6 Å². The fraction of sp³-hybridized carbons (Fsp3) is 0.417. The Morgan fingerprint density at radius 2 is 0.967 bits per heavy atom. The summed E-state index contributed by atoms with van der Waals surface area (Å²) in [5.41, 5.74) is 4.75. The van der Waals surface area contributed by atoms with Gasteiger partial charge in [0.15, 0.2) is 0 Å². The molecule has 1 aliphatic carbocycles. The highest BCUT2D eigenvalue weighted by Gasteiger charge is 2.31. The van der Waals surface area contributed by atoms with Crippen molar-refractivity contribution in [2.45, 2.75) is 65.6 Å². The molecular weight excluding hydrogens is 384 g/mol. The molecule has 2 unspecified atom stereocenters. The van der Waals surface area contributed by atoms with Crippen molar-refractivity contribution >= 4 is 11.9 Å². The van der Waals surface area contributed by atoms with Crippen LogP contribution in [0.3, 0.4) is 0 Å². The van der Waals surface area contributed by atoms with E-state index in [0.717, 1.165) is 35.1 Å². The van der Waals surface area contributed by atoms with Crippen LogP contribution in [-0.4, -0.2) is 24.1 Å². The van der Waals surface area contributed by atoms with Gasteiger partial charge >= 0.3 is 11.9 Å². The standard InChI is InChI=1S/C24H28O6/c1-15-9-16(2)12-19(11-15)23(25)29-27-21-7-5-6-8-22(21)28-30-24(26)20-13-17(3)10-18(4)14-20/h9-14,21-22H,5-8H2,1-4H3. The van der Waals surface area contributed by atoms with Gasteiger partial charge < -0.3 is 0 Å². The third kappa shape index (κ3) is 5.90. The first-order valence-electron chi connectivity index (χ1n) is 10.2. The van der Waals surface area contributed by atoms with Crippen molar-refractivity contribution in [2.75, 3.05) is 0 Å². The number of benzene rings is 2. The maximum absolute atomic E-state index is 12.3. The summed E-state index contributed by atoms with van der Waals surface area (Å²) < 4.78 is 0. The molecule has 1 fully saturated rings. The van der Waals surface area contributed by atoms with E-state index in [4.69, 9.17) is 19.6 Å². The maximum Gasteiger partial charge on any atom is 0.373 e. The summed E-state index contributed by atoms with van der Waals surface area (Å²) >= 11 is 0. The van der Waals surface area contributed by atoms with Gasteiger partial charge in [-0.05, 0) is 64.8 Å². The van der Waals surface area contributed by atoms with Crippen molar-refractivity contribution in [3.63, 3.8) is 0 Å². The molecular formula is C24H28O6. The minimum Gasteiger partial charge on any atom is -0.292 e. The molecule has 0 amide bonds. The molecule has 6 heteroatoms. The lowest BCUT2D eigenvalue weighted by Crippen LogP contribution is -2.36. The van der Waals surface area contributed by atoms with Gasteiger partial charge in [0.05, 0.1) is 11.1 Å². The summed E-state index contributed by atoms with van der Waals surface area (Å²) in [7, 11) is 0. The summed E-state index contributed by atoms with van der Waals surface area (Å²) in [5.74, 6) is -1.11. The van der Waals surface area contributed by atoms with E-state index in [1.54, 1.807) is 24.3 Å². The summed E-state index contributed by atoms with van der Waals surface area (Å²) in [6.07, 6.45) is 2.12. The SMILES string of the molecule is Cc1cc(C)cc(C(=O)OOC2CCCCC2OOC(=O)c2cc(C)cc(C)c2)c1. The van der Waals surface area contributed by atoms with Crippen molar-refractivity contribution in [3.8, 4) is 0 Å². The molecule has 0 saturated heterocycles. The number of carbonyl (C=O) groups excluding carboxylic acids is 2. The fourth-order valence-electron chi connectivity index (χ4n) is 3.78. The zero-order valence-electron chi connectivity index (χ0n) is 17.9. The molecule has 2 aromatic rings. The van der Waals surface area contributed by atoms with Gasteiger partial charge in [0, 0.05) is 0 Å². The van der Waals surface area contributed by atoms with Gasteiger partial charge in [-0.3, -0.25) is 9.78 Å². The molecule has 0 bridgehead atoms. The van der Waals surface area contributed by atoms with Crippen LogP contribution in [0.2, 0.25) is 0 Å². The highest BCUT2D eigenvalue weighted by molar-refractivity contribution is 5.89. The van der Waals surface area contributed by atoms with Crippen molar-refractivity contribution in [1.29, 1.82) is 0 Å². The van der Waals surface area contributed by atoms with Crippen LogP contribution in [0.15, 0.2) is 36.4 Å². The third-order valence-electron chi connectivity index (χ3n) is 5.05. The van der Waals surface area contributed by atoms with Crippen LogP contribution < -0.4 is 0 Å². The molecule has 1 saturated carbocycles. The van der Waals surface area contributed by atoms with Gasteiger partial charge in [-0.25, -0.2) is 9.59 Å². The molecule has 0 aromatic heterocycles. The highest BCUT2D eigenvalue weighted by atomic mass is 17.2. The summed E-state index contributed by atoms with van der Waals surface area (Å²) in [6, 6.07) is 11.0. The maximum atomic E-state index is 12.3. The van der Waals surface area contributed by atoms with Gasteiger partial charge in [0.2, 0.25) is 0 Å². The minimum atomic E-state index is -0.557. The van der Waals surface area contributed by atoms with E-state index in [-0.39, 0.29) is 0 Å². The molecule has 0 N–H and O–H groups in total. The van der Waals surface area contributed by atoms with E-state index in [1.807, 2.05) is 39.8 Å². The number of aryl methyl sites for hydroxylation is 4. The van der Waals surface area contributed by atoms with Crippen LogP contribution in [0.4, 0.5) is 0 Å². The molecule has 6 nitrogen and oxygen atoms in total. The van der Waals surface area contributed by atoms with Crippen LogP contribution >= 0.6 is 0 Å². The predicted molar refractivity (Wildman–Crippen MR) is 111 cm³/mol. The van der Waals surface area contributed by atoms with Gasteiger partial charge in [0.1, 0.15) is 12.2 Å². The Hall–Kier alpha value is -2.70. The monoisotopic (exact) mass is 412 g/mol. The Morgan fingerprint density at radius 3 is 1.30 bits per heavy atom. The Kier molecular flexibility index (Phi) is 7.24. The molecule has 2 atom stereocenters. The van der Waals surface area contributed by atoms with Gasteiger partial charge in [-0.2, -0.15) is 9.78 Å². The lowest BCUT2D eigenvalue weighted by Gasteiger charge is -2.28. The van der Waals surface area contributed by atoms with E-state index in [0.29, 0.717) is 24.0 Å². The van der Waals surface area contributed by atoms with E-state index in [1.165, 1.54) is 0 Å². The number of carbonyl (C=O) groups is 2. The zero-order valence-corrected chi connectivity index (χ0v) is 17.9. The molecule has 0 spiro atoms. The molecule has 2 aromatic carbocycles. The molecule has 0 aliphatic heterocycles. The van der Waals surface area contributed by atoms with Crippen LogP contribution in [0.25, 0.3) is 0 Å². The van der Waals surface area contributed by atoms with Gasteiger partial charge in [-0.1, -0.05) is 47.2 Å². The molecule has 3 rings (SSSR count). The van der Waals surface area contributed by atoms with Crippen molar-refractivity contribution in [2.24, 2.45) is 0 Å². The van der Waals surface area contributed by atoms with Crippen molar-refractivity contribution in [3.05, 3.63) is 69.8 Å². The fourth-order valence-corrected chi connectivity index (χ4v) is 3.78. The Bertz CT molecular complexity index is 804. The highest BCUT2D eigenvalue weighted by Crippen LogP contribution is 2.25. The predicted octanol–water partition coefficient (Wildman–Crippen LogP) is 5.11. The zero-order chi connectivity index (χ0) is 21.7. The summed E-state index contributed by atoms with van der Waals surface area (Å²) in [4.78, 5) is 45.6. The lowest BCUT2D eigenvalue weighted by atomic mass is 9.95. The smallest absolute Gasteiger partial charge is 0.292 e.